The lowest BCUT2D eigenvalue weighted by Gasteiger charge is -2.08. The third kappa shape index (κ3) is 5.42. The number of amides is 1. The van der Waals surface area contributed by atoms with Gasteiger partial charge in [-0.15, -0.1) is 0 Å². The summed E-state index contributed by atoms with van der Waals surface area (Å²) < 4.78 is 11.0. The fraction of sp³-hybridized carbons (Fsp3) is 0.0800. The molecule has 3 aromatic carbocycles. The van der Waals surface area contributed by atoms with Gasteiger partial charge in [-0.05, 0) is 54.1 Å². The van der Waals surface area contributed by atoms with Crippen LogP contribution in [0, 0.1) is 0 Å². The van der Waals surface area contributed by atoms with Gasteiger partial charge < -0.3 is 14.8 Å². The highest BCUT2D eigenvalue weighted by Gasteiger charge is 2.08. The Balaban J connectivity index is 1.41. The molecule has 1 N–H and O–H groups in total. The van der Waals surface area contributed by atoms with Crippen LogP contribution in [0.4, 0.5) is 0 Å². The van der Waals surface area contributed by atoms with E-state index >= 15 is 0 Å². The first-order chi connectivity index (χ1) is 15.6. The third-order valence-corrected chi connectivity index (χ3v) is 4.99. The second-order valence-corrected chi connectivity index (χ2v) is 7.34. The van der Waals surface area contributed by atoms with Crippen molar-refractivity contribution in [1.82, 2.24) is 15.3 Å². The molecule has 1 amide bonds. The van der Waals surface area contributed by atoms with E-state index in [2.05, 4.69) is 15.3 Å². The topological polar surface area (TPSA) is 73.3 Å². The Hall–Kier alpha value is -3.90. The number of aromatic nitrogens is 2. The molecule has 0 fully saturated rings. The van der Waals surface area contributed by atoms with Crippen molar-refractivity contribution in [3.8, 4) is 28.6 Å². The van der Waals surface area contributed by atoms with E-state index in [4.69, 9.17) is 21.1 Å². The van der Waals surface area contributed by atoms with Crippen LogP contribution in [0.2, 0.25) is 5.02 Å². The molecule has 0 unspecified atom stereocenters. The first-order valence-electron chi connectivity index (χ1n) is 9.88. The summed E-state index contributed by atoms with van der Waals surface area (Å²) in [5.41, 5.74) is 3.08. The van der Waals surface area contributed by atoms with Gasteiger partial charge in [0.1, 0.15) is 17.8 Å². The molecule has 0 radical (unpaired) electrons. The monoisotopic (exact) mass is 445 g/mol. The Labute approximate surface area is 190 Å². The average Bonchev–Trinajstić information content (AvgIpc) is 2.84. The highest BCUT2D eigenvalue weighted by atomic mass is 35.5. The zero-order valence-electron chi connectivity index (χ0n) is 17.3. The third-order valence-electron chi connectivity index (χ3n) is 4.73. The number of ether oxygens (including phenoxy) is 2. The van der Waals surface area contributed by atoms with Crippen molar-refractivity contribution >= 4 is 17.5 Å². The SMILES string of the molecule is COc1ccc(Oc2cc(-c3ccc(C(=O)NCc4ccc(Cl)cc4)cc3)ncn2)cc1. The Morgan fingerprint density at radius 3 is 2.28 bits per heavy atom. The minimum atomic E-state index is -0.155. The van der Waals surface area contributed by atoms with Gasteiger partial charge in [-0.2, -0.15) is 0 Å². The van der Waals surface area contributed by atoms with E-state index in [1.807, 2.05) is 36.4 Å². The van der Waals surface area contributed by atoms with Crippen molar-refractivity contribution in [1.29, 1.82) is 0 Å². The van der Waals surface area contributed by atoms with E-state index in [1.54, 1.807) is 49.6 Å². The zero-order valence-corrected chi connectivity index (χ0v) is 18.0. The molecule has 4 rings (SSSR count). The molecule has 0 aliphatic carbocycles. The Kier molecular flexibility index (Phi) is 6.63. The van der Waals surface area contributed by atoms with Crippen molar-refractivity contribution < 1.29 is 14.3 Å². The van der Waals surface area contributed by atoms with Crippen LogP contribution in [0.5, 0.6) is 17.4 Å². The quantitative estimate of drug-likeness (QED) is 0.405. The van der Waals surface area contributed by atoms with E-state index in [9.17, 15) is 4.79 Å². The summed E-state index contributed by atoms with van der Waals surface area (Å²) in [6, 6.07) is 23.6. The number of hydrogen-bond acceptors (Lipinski definition) is 5. The number of carbonyl (C=O) groups excluding carboxylic acids is 1. The van der Waals surface area contributed by atoms with Gasteiger partial charge in [-0.1, -0.05) is 35.9 Å². The Bertz CT molecular complexity index is 1190. The van der Waals surface area contributed by atoms with Crippen molar-refractivity contribution in [2.45, 2.75) is 6.54 Å². The lowest BCUT2D eigenvalue weighted by Crippen LogP contribution is -2.22. The second kappa shape index (κ2) is 9.94. The molecular formula is C25H20ClN3O3. The molecule has 0 saturated heterocycles. The fourth-order valence-corrected chi connectivity index (χ4v) is 3.12. The maximum absolute atomic E-state index is 12.4. The van der Waals surface area contributed by atoms with E-state index in [1.165, 1.54) is 6.33 Å². The minimum absolute atomic E-state index is 0.155. The number of carbonyl (C=O) groups is 1. The average molecular weight is 446 g/mol. The van der Waals surface area contributed by atoms with Gasteiger partial charge in [0.2, 0.25) is 5.88 Å². The molecule has 0 atom stereocenters. The summed E-state index contributed by atoms with van der Waals surface area (Å²) in [6.45, 7) is 0.426. The Morgan fingerprint density at radius 1 is 0.906 bits per heavy atom. The van der Waals surface area contributed by atoms with Crippen molar-refractivity contribution in [2.24, 2.45) is 0 Å². The highest BCUT2D eigenvalue weighted by Crippen LogP contribution is 2.25. The summed E-state index contributed by atoms with van der Waals surface area (Å²) in [5, 5.41) is 3.57. The smallest absolute Gasteiger partial charge is 0.251 e. The molecular weight excluding hydrogens is 426 g/mol. The van der Waals surface area contributed by atoms with Crippen LogP contribution >= 0.6 is 11.6 Å². The molecule has 160 valence electrons. The normalized spacial score (nSPS) is 10.4. The van der Waals surface area contributed by atoms with Crippen LogP contribution in [-0.2, 0) is 6.54 Å². The molecule has 4 aromatic rings. The van der Waals surface area contributed by atoms with Gasteiger partial charge in [0.25, 0.3) is 5.91 Å². The van der Waals surface area contributed by atoms with Crippen molar-refractivity contribution in [3.05, 3.63) is 101 Å². The lowest BCUT2D eigenvalue weighted by molar-refractivity contribution is 0.0951. The van der Waals surface area contributed by atoms with E-state index in [0.29, 0.717) is 34.5 Å². The molecule has 0 bridgehead atoms. The Morgan fingerprint density at radius 2 is 1.59 bits per heavy atom. The van der Waals surface area contributed by atoms with Gasteiger partial charge in [0, 0.05) is 28.8 Å². The highest BCUT2D eigenvalue weighted by molar-refractivity contribution is 6.30. The molecule has 1 aromatic heterocycles. The number of methoxy groups -OCH3 is 1. The minimum Gasteiger partial charge on any atom is -0.497 e. The molecule has 1 heterocycles. The summed E-state index contributed by atoms with van der Waals surface area (Å²) in [4.78, 5) is 20.9. The molecule has 0 aliphatic rings. The van der Waals surface area contributed by atoms with Crippen LogP contribution in [0.15, 0.2) is 85.2 Å². The molecule has 0 aliphatic heterocycles. The number of benzene rings is 3. The van der Waals surface area contributed by atoms with Crippen LogP contribution in [0.25, 0.3) is 11.3 Å². The van der Waals surface area contributed by atoms with Crippen LogP contribution in [0.1, 0.15) is 15.9 Å². The summed E-state index contributed by atoms with van der Waals surface area (Å²) >= 11 is 5.89. The number of hydrogen-bond donors (Lipinski definition) is 1. The van der Waals surface area contributed by atoms with E-state index in [0.717, 1.165) is 16.9 Å². The van der Waals surface area contributed by atoms with Crippen LogP contribution < -0.4 is 14.8 Å². The van der Waals surface area contributed by atoms with Gasteiger partial charge in [-0.3, -0.25) is 4.79 Å². The summed E-state index contributed by atoms with van der Waals surface area (Å²) in [7, 11) is 1.61. The standard InChI is InChI=1S/C25H20ClN3O3/c1-31-21-10-12-22(13-11-21)32-24-14-23(28-16-29-24)18-4-6-19(7-5-18)25(30)27-15-17-2-8-20(26)9-3-17/h2-14,16H,15H2,1H3,(H,27,30). The van der Waals surface area contributed by atoms with E-state index < -0.39 is 0 Å². The maximum Gasteiger partial charge on any atom is 0.251 e. The predicted octanol–water partition coefficient (Wildman–Crippen LogP) is 5.53. The van der Waals surface area contributed by atoms with Gasteiger partial charge in [0.15, 0.2) is 0 Å². The largest absolute Gasteiger partial charge is 0.497 e. The molecule has 6 nitrogen and oxygen atoms in total. The molecule has 32 heavy (non-hydrogen) atoms. The number of rotatable bonds is 7. The zero-order chi connectivity index (χ0) is 22.3. The maximum atomic E-state index is 12.4. The van der Waals surface area contributed by atoms with Gasteiger partial charge in [-0.25, -0.2) is 9.97 Å². The second-order valence-electron chi connectivity index (χ2n) is 6.91. The first-order valence-corrected chi connectivity index (χ1v) is 10.3. The van der Waals surface area contributed by atoms with Crippen LogP contribution in [0.3, 0.4) is 0 Å². The van der Waals surface area contributed by atoms with Gasteiger partial charge in [0.05, 0.1) is 12.8 Å². The van der Waals surface area contributed by atoms with Crippen molar-refractivity contribution in [2.75, 3.05) is 7.11 Å². The number of halogens is 1. The summed E-state index contributed by atoms with van der Waals surface area (Å²) in [5.74, 6) is 1.66. The summed E-state index contributed by atoms with van der Waals surface area (Å²) in [6.07, 6.45) is 1.45. The molecule has 7 heteroatoms. The molecule has 0 saturated carbocycles. The van der Waals surface area contributed by atoms with E-state index in [-0.39, 0.29) is 5.91 Å². The fourth-order valence-electron chi connectivity index (χ4n) is 3.00. The lowest BCUT2D eigenvalue weighted by atomic mass is 10.1. The van der Waals surface area contributed by atoms with Crippen LogP contribution in [-0.4, -0.2) is 23.0 Å². The van der Waals surface area contributed by atoms with Gasteiger partial charge >= 0.3 is 0 Å². The van der Waals surface area contributed by atoms with Crippen molar-refractivity contribution in [3.63, 3.8) is 0 Å². The molecule has 0 spiro atoms. The number of nitrogens with one attached hydrogen (secondary N) is 1. The first kappa shape index (κ1) is 21.3. The number of nitrogens with zero attached hydrogens (tertiary/aromatic N) is 2. The predicted molar refractivity (Wildman–Crippen MR) is 123 cm³/mol.